The van der Waals surface area contributed by atoms with E-state index in [0.717, 1.165) is 13.1 Å². The van der Waals surface area contributed by atoms with Crippen LogP contribution < -0.4 is 15.5 Å². The van der Waals surface area contributed by atoms with Crippen molar-refractivity contribution in [2.24, 2.45) is 0 Å². The van der Waals surface area contributed by atoms with E-state index in [1.807, 2.05) is 34.9 Å². The molecule has 134 valence electrons. The van der Waals surface area contributed by atoms with Gasteiger partial charge in [-0.2, -0.15) is 0 Å². The summed E-state index contributed by atoms with van der Waals surface area (Å²) in [7, 11) is 4.09. The average molecular weight is 332 g/mol. The van der Waals surface area contributed by atoms with Crippen LogP contribution >= 0.6 is 0 Å². The number of hydrogen-bond donors (Lipinski definition) is 2. The minimum Gasteiger partial charge on any atom is -0.378 e. The van der Waals surface area contributed by atoms with E-state index < -0.39 is 0 Å². The second-order valence-corrected chi connectivity index (χ2v) is 7.83. The van der Waals surface area contributed by atoms with E-state index in [-0.39, 0.29) is 17.6 Å². The maximum absolute atomic E-state index is 12.1. The van der Waals surface area contributed by atoms with Gasteiger partial charge in [0.05, 0.1) is 6.04 Å². The van der Waals surface area contributed by atoms with Crippen molar-refractivity contribution in [1.82, 2.24) is 15.5 Å². The highest BCUT2D eigenvalue weighted by molar-refractivity contribution is 5.74. The molecule has 0 unspecified atom stereocenters. The minimum absolute atomic E-state index is 0.100. The Morgan fingerprint density at radius 2 is 1.75 bits per heavy atom. The second-order valence-electron chi connectivity index (χ2n) is 7.83. The van der Waals surface area contributed by atoms with Crippen LogP contribution in [-0.4, -0.2) is 50.2 Å². The highest BCUT2D eigenvalue weighted by Gasteiger charge is 2.24. The van der Waals surface area contributed by atoms with Crippen LogP contribution in [-0.2, 0) is 0 Å². The molecule has 1 aliphatic rings. The van der Waals surface area contributed by atoms with Crippen molar-refractivity contribution in [2.75, 3.05) is 38.6 Å². The zero-order valence-electron chi connectivity index (χ0n) is 15.7. The molecule has 2 amide bonds. The predicted octanol–water partition coefficient (Wildman–Crippen LogP) is 2.99. The van der Waals surface area contributed by atoms with Crippen molar-refractivity contribution in [3.05, 3.63) is 29.8 Å². The summed E-state index contributed by atoms with van der Waals surface area (Å²) >= 11 is 0. The van der Waals surface area contributed by atoms with Crippen molar-refractivity contribution in [2.45, 2.75) is 45.2 Å². The second kappa shape index (κ2) is 7.88. The number of carbonyl (C=O) groups excluding carboxylic acids is 1. The van der Waals surface area contributed by atoms with Crippen LogP contribution in [0.2, 0.25) is 0 Å². The summed E-state index contributed by atoms with van der Waals surface area (Å²) in [6, 6.07) is 8.79. The van der Waals surface area contributed by atoms with Gasteiger partial charge >= 0.3 is 6.03 Å². The third kappa shape index (κ3) is 5.41. The summed E-state index contributed by atoms with van der Waals surface area (Å²) in [5.74, 6) is 0. The third-order valence-electron chi connectivity index (χ3n) is 4.32. The smallest absolute Gasteiger partial charge is 0.315 e. The summed E-state index contributed by atoms with van der Waals surface area (Å²) in [6.45, 7) is 8.80. The summed E-state index contributed by atoms with van der Waals surface area (Å²) in [5, 5.41) is 6.02. The molecule has 5 heteroatoms. The zero-order valence-corrected chi connectivity index (χ0v) is 15.7. The molecule has 0 spiro atoms. The van der Waals surface area contributed by atoms with Crippen LogP contribution in [0.3, 0.4) is 0 Å². The number of hydrogen-bond acceptors (Lipinski definition) is 3. The zero-order chi connectivity index (χ0) is 17.7. The predicted molar refractivity (Wildman–Crippen MR) is 101 cm³/mol. The van der Waals surface area contributed by atoms with Crippen molar-refractivity contribution in [3.8, 4) is 0 Å². The Morgan fingerprint density at radius 1 is 1.17 bits per heavy atom. The summed E-state index contributed by atoms with van der Waals surface area (Å²) in [6.07, 6.45) is 2.47. The molecule has 0 saturated carbocycles. The number of anilines is 1. The molecule has 0 radical (unpaired) electrons. The van der Waals surface area contributed by atoms with Gasteiger partial charge in [-0.15, -0.1) is 0 Å². The van der Waals surface area contributed by atoms with Crippen LogP contribution in [0.25, 0.3) is 0 Å². The average Bonchev–Trinajstić information content (AvgIpc) is 3.00. The van der Waals surface area contributed by atoms with Gasteiger partial charge in [0.2, 0.25) is 0 Å². The summed E-state index contributed by atoms with van der Waals surface area (Å²) in [4.78, 5) is 16.7. The minimum atomic E-state index is -0.222. The van der Waals surface area contributed by atoms with E-state index in [2.05, 4.69) is 44.7 Å². The molecule has 1 aromatic rings. The first-order valence-electron chi connectivity index (χ1n) is 8.83. The van der Waals surface area contributed by atoms with Crippen LogP contribution in [0.4, 0.5) is 10.5 Å². The fourth-order valence-electron chi connectivity index (χ4n) is 3.08. The topological polar surface area (TPSA) is 47.6 Å². The number of carbonyl (C=O) groups is 1. The number of nitrogens with zero attached hydrogens (tertiary/aromatic N) is 2. The molecule has 1 aliphatic heterocycles. The van der Waals surface area contributed by atoms with Crippen molar-refractivity contribution >= 4 is 11.7 Å². The van der Waals surface area contributed by atoms with E-state index in [1.165, 1.54) is 24.1 Å². The van der Waals surface area contributed by atoms with E-state index in [0.29, 0.717) is 6.54 Å². The van der Waals surface area contributed by atoms with Crippen LogP contribution in [0.5, 0.6) is 0 Å². The fraction of sp³-hybridized carbons (Fsp3) is 0.632. The van der Waals surface area contributed by atoms with Gasteiger partial charge in [0.15, 0.2) is 0 Å². The van der Waals surface area contributed by atoms with Gasteiger partial charge in [-0.1, -0.05) is 12.1 Å². The van der Waals surface area contributed by atoms with Gasteiger partial charge in [-0.05, 0) is 64.4 Å². The Kier molecular flexibility index (Phi) is 6.10. The normalized spacial score (nSPS) is 16.7. The highest BCUT2D eigenvalue weighted by atomic mass is 16.2. The van der Waals surface area contributed by atoms with Gasteiger partial charge < -0.3 is 15.5 Å². The SMILES string of the molecule is CN(C)c1ccc([C@@H](CNC(=O)NC(C)(C)C)N2CCCC2)cc1. The lowest BCUT2D eigenvalue weighted by molar-refractivity contribution is 0.215. The van der Waals surface area contributed by atoms with Crippen molar-refractivity contribution < 1.29 is 4.79 Å². The molecule has 0 aromatic heterocycles. The van der Waals surface area contributed by atoms with E-state index in [9.17, 15) is 4.79 Å². The Labute approximate surface area is 146 Å². The van der Waals surface area contributed by atoms with Crippen molar-refractivity contribution in [3.63, 3.8) is 0 Å². The largest absolute Gasteiger partial charge is 0.378 e. The molecule has 2 N–H and O–H groups in total. The van der Waals surface area contributed by atoms with Crippen LogP contribution in [0.15, 0.2) is 24.3 Å². The lowest BCUT2D eigenvalue weighted by Gasteiger charge is -2.29. The van der Waals surface area contributed by atoms with Gasteiger partial charge in [0.25, 0.3) is 0 Å². The van der Waals surface area contributed by atoms with Crippen molar-refractivity contribution in [1.29, 1.82) is 0 Å². The van der Waals surface area contributed by atoms with Crippen LogP contribution in [0, 0.1) is 0 Å². The molecule has 0 bridgehead atoms. The first-order chi connectivity index (χ1) is 11.3. The Hall–Kier alpha value is -1.75. The summed E-state index contributed by atoms with van der Waals surface area (Å²) < 4.78 is 0. The molecular weight excluding hydrogens is 300 g/mol. The molecule has 1 aromatic carbocycles. The number of amides is 2. The van der Waals surface area contributed by atoms with Gasteiger partial charge in [-0.25, -0.2) is 4.79 Å². The van der Waals surface area contributed by atoms with Gasteiger partial charge in [0.1, 0.15) is 0 Å². The summed E-state index contributed by atoms with van der Waals surface area (Å²) in [5.41, 5.74) is 2.23. The Bertz CT molecular complexity index is 527. The van der Waals surface area contributed by atoms with Crippen LogP contribution in [0.1, 0.15) is 45.2 Å². The molecule has 1 fully saturated rings. The Morgan fingerprint density at radius 3 is 2.25 bits per heavy atom. The first kappa shape index (κ1) is 18.6. The molecule has 24 heavy (non-hydrogen) atoms. The molecule has 0 aliphatic carbocycles. The number of urea groups is 1. The molecule has 2 rings (SSSR count). The Balaban J connectivity index is 2.06. The van der Waals surface area contributed by atoms with Gasteiger partial charge in [-0.3, -0.25) is 4.90 Å². The van der Waals surface area contributed by atoms with Gasteiger partial charge in [0, 0.05) is 31.9 Å². The number of likely N-dealkylation sites (tertiary alicyclic amines) is 1. The standard InChI is InChI=1S/C19H32N4O/c1-19(2,3)21-18(24)20-14-17(23-12-6-7-13-23)15-8-10-16(11-9-15)22(4)5/h8-11,17H,6-7,12-14H2,1-5H3,(H2,20,21,24)/t17-/m1/s1. The molecule has 1 atom stereocenters. The first-order valence-corrected chi connectivity index (χ1v) is 8.83. The molecule has 1 saturated heterocycles. The quantitative estimate of drug-likeness (QED) is 0.871. The molecule has 5 nitrogen and oxygen atoms in total. The van der Waals surface area contributed by atoms with E-state index >= 15 is 0 Å². The van der Waals surface area contributed by atoms with E-state index in [1.54, 1.807) is 0 Å². The molecule has 1 heterocycles. The maximum Gasteiger partial charge on any atom is 0.315 e. The third-order valence-corrected chi connectivity index (χ3v) is 4.32. The number of nitrogens with one attached hydrogen (secondary N) is 2. The lowest BCUT2D eigenvalue weighted by atomic mass is 10.0. The number of benzene rings is 1. The molecular formula is C19H32N4O. The highest BCUT2D eigenvalue weighted by Crippen LogP contribution is 2.26. The monoisotopic (exact) mass is 332 g/mol. The lowest BCUT2D eigenvalue weighted by Crippen LogP contribution is -2.48. The van der Waals surface area contributed by atoms with E-state index in [4.69, 9.17) is 0 Å². The maximum atomic E-state index is 12.1. The number of rotatable bonds is 5. The fourth-order valence-corrected chi connectivity index (χ4v) is 3.08.